The third-order valence-electron chi connectivity index (χ3n) is 8.45. The van der Waals surface area contributed by atoms with Crippen LogP contribution in [0, 0.1) is 11.8 Å². The van der Waals surface area contributed by atoms with Gasteiger partial charge in [-0.1, -0.05) is 24.6 Å². The lowest BCUT2D eigenvalue weighted by Gasteiger charge is -2.49. The number of rotatable bonds is 4. The molecule has 0 spiro atoms. The number of piperidine rings is 2. The lowest BCUT2D eigenvalue weighted by atomic mass is 9.72. The molecule has 2 fully saturated rings. The first-order chi connectivity index (χ1) is 16.2. The van der Waals surface area contributed by atoms with Crippen molar-refractivity contribution in [3.63, 3.8) is 0 Å². The Morgan fingerprint density at radius 3 is 2.77 bits per heavy atom. The van der Waals surface area contributed by atoms with Crippen molar-refractivity contribution in [2.45, 2.75) is 51.2 Å². The lowest BCUT2D eigenvalue weighted by Crippen LogP contribution is -2.51. The number of benzene rings is 1. The largest absolute Gasteiger partial charge is 0.497 e. The van der Waals surface area contributed by atoms with Gasteiger partial charge in [0.15, 0.2) is 0 Å². The van der Waals surface area contributed by atoms with E-state index in [0.29, 0.717) is 18.6 Å². The van der Waals surface area contributed by atoms with Gasteiger partial charge in [0.25, 0.3) is 0 Å². The van der Waals surface area contributed by atoms with Gasteiger partial charge in [0.2, 0.25) is 0 Å². The number of likely N-dealkylation sites (tertiary alicyclic amines) is 1. The van der Waals surface area contributed by atoms with Gasteiger partial charge in [0.05, 0.1) is 24.0 Å². The monoisotopic (exact) mass is 521 g/mol. The maximum Gasteiger partial charge on any atom is 0.337 e. The molecule has 6 nitrogen and oxygen atoms in total. The zero-order valence-electron chi connectivity index (χ0n) is 20.4. The normalized spacial score (nSPS) is 28.3. The van der Waals surface area contributed by atoms with Crippen molar-refractivity contribution in [2.24, 2.45) is 11.8 Å². The van der Waals surface area contributed by atoms with E-state index in [4.69, 9.17) is 9.47 Å². The summed E-state index contributed by atoms with van der Waals surface area (Å²) < 4.78 is 11.7. The number of hydrogen-bond acceptors (Lipinski definition) is 5. The number of hydrogen-bond donors (Lipinski definition) is 1. The summed E-state index contributed by atoms with van der Waals surface area (Å²) in [6.45, 7) is 7.71. The smallest absolute Gasteiger partial charge is 0.337 e. The van der Waals surface area contributed by atoms with E-state index in [-0.39, 0.29) is 42.8 Å². The Morgan fingerprint density at radius 2 is 1.94 bits per heavy atom. The van der Waals surface area contributed by atoms with E-state index in [9.17, 15) is 4.79 Å². The van der Waals surface area contributed by atoms with Crippen molar-refractivity contribution >= 4 is 41.7 Å². The first-order valence-corrected chi connectivity index (χ1v) is 12.8. The van der Waals surface area contributed by atoms with Crippen LogP contribution < -0.4 is 0 Å². The number of carbonyl (C=O) groups excluding carboxylic acids is 1. The predicted octanol–water partition coefficient (Wildman–Crippen LogP) is 4.88. The van der Waals surface area contributed by atoms with Crippen LogP contribution in [0.3, 0.4) is 0 Å². The van der Waals surface area contributed by atoms with Gasteiger partial charge in [-0.2, -0.15) is 0 Å². The fourth-order valence-corrected chi connectivity index (χ4v) is 6.60. The zero-order valence-corrected chi connectivity index (χ0v) is 22.0. The van der Waals surface area contributed by atoms with Crippen LogP contribution in [-0.2, 0) is 20.7 Å². The molecule has 4 atom stereocenters. The first kappa shape index (κ1) is 26.3. The highest BCUT2D eigenvalue weighted by atomic mass is 35.5. The Bertz CT molecular complexity index is 1070. The minimum atomic E-state index is -0.185. The third kappa shape index (κ3) is 4.95. The van der Waals surface area contributed by atoms with E-state index in [1.54, 1.807) is 6.26 Å². The third-order valence-corrected chi connectivity index (χ3v) is 8.45. The molecule has 5 heterocycles. The maximum absolute atomic E-state index is 13.1. The molecule has 2 saturated heterocycles. The highest BCUT2D eigenvalue weighted by Gasteiger charge is 2.47. The van der Waals surface area contributed by atoms with E-state index in [1.165, 1.54) is 41.4 Å². The molecule has 0 amide bonds. The summed E-state index contributed by atoms with van der Waals surface area (Å²) in [5.74, 6) is 0.312. The number of nitrogens with zero attached hydrogens (tertiary/aromatic N) is 2. The van der Waals surface area contributed by atoms with Crippen LogP contribution in [-0.4, -0.2) is 66.2 Å². The van der Waals surface area contributed by atoms with Crippen molar-refractivity contribution in [2.75, 3.05) is 39.3 Å². The van der Waals surface area contributed by atoms with Crippen LogP contribution in [0.1, 0.15) is 49.9 Å². The predicted molar refractivity (Wildman–Crippen MR) is 142 cm³/mol. The van der Waals surface area contributed by atoms with E-state index >= 15 is 0 Å². The number of fused-ring (bicyclic) bond motifs is 6. The SMILES string of the molecule is C[C@@H]1OC=C(C(=O)OCCN2CCCCC2)[C@H]2C[C@H]3c4[nH]c5ccccc5c4CCN3C[C@H]12.Cl.Cl. The van der Waals surface area contributed by atoms with Gasteiger partial charge in [0.1, 0.15) is 6.61 Å². The standard InChI is InChI=1S/C27H35N3O3.2ClH/c1-18-22-16-30-12-9-20-19-7-3-4-8-24(19)28-26(20)25(30)15-21(22)23(17-33-18)27(31)32-14-13-29-10-5-2-6-11-29;;/h3-4,7-8,17-18,21-22,25,28H,2,5-6,9-16H2,1H3;2*1H/t18-,21-,22+,25-;;/m0../s1. The molecule has 6 rings (SSSR count). The van der Waals surface area contributed by atoms with Gasteiger partial charge in [0, 0.05) is 48.1 Å². The summed E-state index contributed by atoms with van der Waals surface area (Å²) in [7, 11) is 0. The molecule has 0 unspecified atom stereocenters. The first-order valence-electron chi connectivity index (χ1n) is 12.8. The van der Waals surface area contributed by atoms with E-state index in [2.05, 4.69) is 46.0 Å². The summed E-state index contributed by atoms with van der Waals surface area (Å²) in [4.78, 5) is 21.9. The van der Waals surface area contributed by atoms with E-state index in [0.717, 1.165) is 51.1 Å². The average molecular weight is 523 g/mol. The number of esters is 1. The number of H-pyrrole nitrogens is 1. The molecular formula is C27H37Cl2N3O3. The number of aromatic nitrogens is 1. The molecule has 35 heavy (non-hydrogen) atoms. The van der Waals surface area contributed by atoms with Crippen molar-refractivity contribution in [1.29, 1.82) is 0 Å². The number of ether oxygens (including phenoxy) is 2. The number of aromatic amines is 1. The van der Waals surface area contributed by atoms with Gasteiger partial charge in [-0.05, 0) is 57.3 Å². The molecule has 0 aliphatic carbocycles. The Balaban J connectivity index is 0.00000144. The molecule has 1 aromatic heterocycles. The molecule has 0 saturated carbocycles. The van der Waals surface area contributed by atoms with Crippen LogP contribution in [0.5, 0.6) is 0 Å². The fraction of sp³-hybridized carbons (Fsp3) is 0.593. The Labute approximate surface area is 220 Å². The van der Waals surface area contributed by atoms with Gasteiger partial charge in [-0.3, -0.25) is 9.80 Å². The molecule has 4 aliphatic rings. The summed E-state index contributed by atoms with van der Waals surface area (Å²) in [5.41, 5.74) is 4.76. The summed E-state index contributed by atoms with van der Waals surface area (Å²) in [5, 5.41) is 1.35. The summed E-state index contributed by atoms with van der Waals surface area (Å²) in [6.07, 6.45) is 7.65. The Hall–Kier alpha value is -1.73. The van der Waals surface area contributed by atoms with Crippen LogP contribution in [0.25, 0.3) is 10.9 Å². The lowest BCUT2D eigenvalue weighted by molar-refractivity contribution is -0.142. The van der Waals surface area contributed by atoms with Crippen molar-refractivity contribution < 1.29 is 14.3 Å². The van der Waals surface area contributed by atoms with Crippen LogP contribution >= 0.6 is 24.8 Å². The topological polar surface area (TPSA) is 57.8 Å². The summed E-state index contributed by atoms with van der Waals surface area (Å²) >= 11 is 0. The minimum Gasteiger partial charge on any atom is -0.497 e. The van der Waals surface area contributed by atoms with Crippen molar-refractivity contribution in [1.82, 2.24) is 14.8 Å². The quantitative estimate of drug-likeness (QED) is 0.581. The Morgan fingerprint density at radius 1 is 1.14 bits per heavy atom. The van der Waals surface area contributed by atoms with Crippen molar-refractivity contribution in [3.8, 4) is 0 Å². The highest BCUT2D eigenvalue weighted by molar-refractivity contribution is 5.89. The number of carbonyl (C=O) groups is 1. The fourth-order valence-electron chi connectivity index (χ4n) is 6.60. The second-order valence-electron chi connectivity index (χ2n) is 10.3. The van der Waals surface area contributed by atoms with Crippen LogP contribution in [0.2, 0.25) is 0 Å². The molecule has 1 N–H and O–H groups in total. The molecule has 2 aromatic rings. The summed E-state index contributed by atoms with van der Waals surface area (Å²) in [6, 6.07) is 8.94. The molecular weight excluding hydrogens is 485 g/mol. The molecule has 0 radical (unpaired) electrons. The number of para-hydroxylation sites is 1. The maximum atomic E-state index is 13.1. The number of halogens is 2. The van der Waals surface area contributed by atoms with Crippen LogP contribution in [0.4, 0.5) is 0 Å². The molecule has 0 bridgehead atoms. The zero-order chi connectivity index (χ0) is 22.4. The molecule has 4 aliphatic heterocycles. The molecule has 192 valence electrons. The van der Waals surface area contributed by atoms with E-state index in [1.807, 2.05) is 0 Å². The number of nitrogens with one attached hydrogen (secondary N) is 1. The van der Waals surface area contributed by atoms with Crippen LogP contribution in [0.15, 0.2) is 36.1 Å². The average Bonchev–Trinajstić information content (AvgIpc) is 3.23. The van der Waals surface area contributed by atoms with Gasteiger partial charge in [-0.25, -0.2) is 4.79 Å². The molecule has 8 heteroatoms. The second kappa shape index (κ2) is 11.1. The van der Waals surface area contributed by atoms with Gasteiger partial charge in [-0.15, -0.1) is 24.8 Å². The van der Waals surface area contributed by atoms with Crippen molar-refractivity contribution in [3.05, 3.63) is 47.4 Å². The van der Waals surface area contributed by atoms with Gasteiger partial charge >= 0.3 is 5.97 Å². The molecule has 1 aromatic carbocycles. The van der Waals surface area contributed by atoms with E-state index < -0.39 is 0 Å². The Kier molecular flexibility index (Phi) is 8.37. The second-order valence-corrected chi connectivity index (χ2v) is 10.3. The minimum absolute atomic E-state index is 0. The van der Waals surface area contributed by atoms with Gasteiger partial charge < -0.3 is 14.5 Å². The highest BCUT2D eigenvalue weighted by Crippen LogP contribution is 2.47.